The van der Waals surface area contributed by atoms with Gasteiger partial charge in [0.2, 0.25) is 0 Å². The van der Waals surface area contributed by atoms with Gasteiger partial charge in [-0.3, -0.25) is 14.5 Å². The van der Waals surface area contributed by atoms with E-state index in [0.717, 1.165) is 25.8 Å². The number of rotatable bonds is 6. The Morgan fingerprint density at radius 3 is 2.44 bits per heavy atom. The quantitative estimate of drug-likeness (QED) is 0.672. The van der Waals surface area contributed by atoms with Crippen LogP contribution < -0.4 is 0 Å². The fourth-order valence-electron chi connectivity index (χ4n) is 2.28. The summed E-state index contributed by atoms with van der Waals surface area (Å²) in [6.07, 6.45) is 3.48. The lowest BCUT2D eigenvalue weighted by atomic mass is 9.99. The summed E-state index contributed by atoms with van der Waals surface area (Å²) >= 11 is 0. The lowest BCUT2D eigenvalue weighted by Gasteiger charge is -2.34. The van der Waals surface area contributed by atoms with Gasteiger partial charge in [0.25, 0.3) is 0 Å². The normalized spacial score (nSPS) is 20.4. The first-order chi connectivity index (χ1) is 8.67. The van der Waals surface area contributed by atoms with Gasteiger partial charge in [-0.15, -0.1) is 0 Å². The zero-order valence-electron chi connectivity index (χ0n) is 11.3. The molecule has 18 heavy (non-hydrogen) atoms. The highest BCUT2D eigenvalue weighted by Crippen LogP contribution is 2.19. The Morgan fingerprint density at radius 1 is 1.11 bits per heavy atom. The van der Waals surface area contributed by atoms with Crippen LogP contribution in [0.3, 0.4) is 0 Å². The Bertz CT molecular complexity index is 252. The van der Waals surface area contributed by atoms with E-state index in [1.165, 1.54) is 0 Å². The average Bonchev–Trinajstić information content (AvgIpc) is 2.32. The van der Waals surface area contributed by atoms with Gasteiger partial charge in [0.05, 0.1) is 26.2 Å². The molecule has 0 aromatic carbocycles. The van der Waals surface area contributed by atoms with E-state index in [4.69, 9.17) is 9.47 Å². The third-order valence-corrected chi connectivity index (χ3v) is 3.09. The van der Waals surface area contributed by atoms with Gasteiger partial charge in [-0.2, -0.15) is 0 Å². The van der Waals surface area contributed by atoms with Gasteiger partial charge < -0.3 is 9.47 Å². The SMILES string of the molecule is CCOC(=O)CC1CCCCN1CC(=O)OCC. The highest BCUT2D eigenvalue weighted by molar-refractivity contribution is 5.72. The molecule has 5 nitrogen and oxygen atoms in total. The van der Waals surface area contributed by atoms with Crippen molar-refractivity contribution in [3.8, 4) is 0 Å². The molecular formula is C13H23NO4. The summed E-state index contributed by atoms with van der Waals surface area (Å²) in [7, 11) is 0. The minimum atomic E-state index is -0.215. The number of carbonyl (C=O) groups is 2. The van der Waals surface area contributed by atoms with Crippen molar-refractivity contribution in [1.29, 1.82) is 0 Å². The second-order valence-corrected chi connectivity index (χ2v) is 4.43. The van der Waals surface area contributed by atoms with Crippen LogP contribution in [0.25, 0.3) is 0 Å². The number of carbonyl (C=O) groups excluding carboxylic acids is 2. The molecule has 0 N–H and O–H groups in total. The van der Waals surface area contributed by atoms with Crippen molar-refractivity contribution >= 4 is 11.9 Å². The summed E-state index contributed by atoms with van der Waals surface area (Å²) in [6.45, 7) is 5.53. The molecule has 1 aliphatic rings. The van der Waals surface area contributed by atoms with E-state index in [9.17, 15) is 9.59 Å². The van der Waals surface area contributed by atoms with Crippen molar-refractivity contribution in [3.63, 3.8) is 0 Å². The van der Waals surface area contributed by atoms with E-state index in [0.29, 0.717) is 19.6 Å². The summed E-state index contributed by atoms with van der Waals surface area (Å²) in [6, 6.07) is 0.113. The van der Waals surface area contributed by atoms with Crippen molar-refractivity contribution in [3.05, 3.63) is 0 Å². The Morgan fingerprint density at radius 2 is 1.78 bits per heavy atom. The molecule has 0 aliphatic carbocycles. The third kappa shape index (κ3) is 5.04. The molecule has 1 aliphatic heterocycles. The summed E-state index contributed by atoms with van der Waals surface area (Å²) in [4.78, 5) is 25.0. The maximum absolute atomic E-state index is 11.5. The highest BCUT2D eigenvalue weighted by atomic mass is 16.5. The number of esters is 2. The van der Waals surface area contributed by atoms with Crippen molar-refractivity contribution in [1.82, 2.24) is 4.90 Å². The number of piperidine rings is 1. The number of hydrogen-bond donors (Lipinski definition) is 0. The van der Waals surface area contributed by atoms with Crippen LogP contribution in [0, 0.1) is 0 Å². The summed E-state index contributed by atoms with van der Waals surface area (Å²) < 4.78 is 9.91. The van der Waals surface area contributed by atoms with Crippen LogP contribution in [0.4, 0.5) is 0 Å². The minimum absolute atomic E-state index is 0.113. The van der Waals surface area contributed by atoms with Crippen LogP contribution in [0.15, 0.2) is 0 Å². The van der Waals surface area contributed by atoms with Crippen LogP contribution in [-0.4, -0.2) is 49.2 Å². The fraction of sp³-hybridized carbons (Fsp3) is 0.846. The third-order valence-electron chi connectivity index (χ3n) is 3.09. The molecule has 0 saturated carbocycles. The van der Waals surface area contributed by atoms with Gasteiger partial charge in [-0.05, 0) is 33.2 Å². The van der Waals surface area contributed by atoms with E-state index in [2.05, 4.69) is 0 Å². The number of nitrogens with zero attached hydrogens (tertiary/aromatic N) is 1. The van der Waals surface area contributed by atoms with Gasteiger partial charge in [-0.25, -0.2) is 0 Å². The molecule has 0 amide bonds. The molecule has 1 atom stereocenters. The predicted molar refractivity (Wildman–Crippen MR) is 67.1 cm³/mol. The highest BCUT2D eigenvalue weighted by Gasteiger charge is 2.27. The summed E-state index contributed by atoms with van der Waals surface area (Å²) in [5.41, 5.74) is 0. The van der Waals surface area contributed by atoms with Crippen molar-refractivity contribution in [2.24, 2.45) is 0 Å². The van der Waals surface area contributed by atoms with E-state index >= 15 is 0 Å². The molecule has 0 aromatic heterocycles. The lowest BCUT2D eigenvalue weighted by molar-refractivity contribution is -0.149. The molecule has 1 fully saturated rings. The first-order valence-corrected chi connectivity index (χ1v) is 6.72. The molecule has 1 saturated heterocycles. The smallest absolute Gasteiger partial charge is 0.320 e. The summed E-state index contributed by atoms with van der Waals surface area (Å²) in [5.74, 6) is -0.397. The van der Waals surface area contributed by atoms with Crippen LogP contribution in [0.1, 0.15) is 39.5 Å². The molecule has 0 spiro atoms. The van der Waals surface area contributed by atoms with Crippen molar-refractivity contribution in [2.45, 2.75) is 45.6 Å². The average molecular weight is 257 g/mol. The zero-order valence-corrected chi connectivity index (χ0v) is 11.3. The van der Waals surface area contributed by atoms with Crippen molar-refractivity contribution in [2.75, 3.05) is 26.3 Å². The molecule has 1 rings (SSSR count). The molecule has 0 aromatic rings. The lowest BCUT2D eigenvalue weighted by Crippen LogP contribution is -2.44. The van der Waals surface area contributed by atoms with Gasteiger partial charge in [0.15, 0.2) is 0 Å². The molecule has 1 unspecified atom stereocenters. The van der Waals surface area contributed by atoms with Gasteiger partial charge >= 0.3 is 11.9 Å². The topological polar surface area (TPSA) is 55.8 Å². The van der Waals surface area contributed by atoms with E-state index < -0.39 is 0 Å². The zero-order chi connectivity index (χ0) is 13.4. The maximum Gasteiger partial charge on any atom is 0.320 e. The minimum Gasteiger partial charge on any atom is -0.466 e. The van der Waals surface area contributed by atoms with E-state index in [1.807, 2.05) is 4.90 Å². The first-order valence-electron chi connectivity index (χ1n) is 6.72. The number of ether oxygens (including phenoxy) is 2. The molecular weight excluding hydrogens is 234 g/mol. The second-order valence-electron chi connectivity index (χ2n) is 4.43. The predicted octanol–water partition coefficient (Wildman–Crippen LogP) is 1.36. The maximum atomic E-state index is 11.5. The van der Waals surface area contributed by atoms with Gasteiger partial charge in [-0.1, -0.05) is 6.42 Å². The Balaban J connectivity index is 2.46. The van der Waals surface area contributed by atoms with Gasteiger partial charge in [0, 0.05) is 6.04 Å². The molecule has 0 bridgehead atoms. The second kappa shape index (κ2) is 8.08. The molecule has 0 radical (unpaired) electrons. The standard InChI is InChI=1S/C13H23NO4/c1-3-17-12(15)9-11-7-5-6-8-14(11)10-13(16)18-4-2/h11H,3-10H2,1-2H3. The Kier molecular flexibility index (Phi) is 6.72. The Labute approximate surface area is 108 Å². The molecule has 5 heteroatoms. The van der Waals surface area contributed by atoms with E-state index in [-0.39, 0.29) is 24.5 Å². The van der Waals surface area contributed by atoms with Gasteiger partial charge in [0.1, 0.15) is 0 Å². The number of hydrogen-bond acceptors (Lipinski definition) is 5. The fourth-order valence-corrected chi connectivity index (χ4v) is 2.28. The number of likely N-dealkylation sites (tertiary alicyclic amines) is 1. The largest absolute Gasteiger partial charge is 0.466 e. The van der Waals surface area contributed by atoms with Crippen LogP contribution in [0.2, 0.25) is 0 Å². The van der Waals surface area contributed by atoms with Crippen LogP contribution in [0.5, 0.6) is 0 Å². The van der Waals surface area contributed by atoms with E-state index in [1.54, 1.807) is 13.8 Å². The van der Waals surface area contributed by atoms with Crippen molar-refractivity contribution < 1.29 is 19.1 Å². The monoisotopic (exact) mass is 257 g/mol. The molecule has 104 valence electrons. The Hall–Kier alpha value is -1.10. The molecule has 1 heterocycles. The summed E-state index contributed by atoms with van der Waals surface area (Å²) in [5, 5.41) is 0. The van der Waals surface area contributed by atoms with Crippen LogP contribution >= 0.6 is 0 Å². The first kappa shape index (κ1) is 15.0. The van der Waals surface area contributed by atoms with Crippen LogP contribution in [-0.2, 0) is 19.1 Å².